The zero-order chi connectivity index (χ0) is 22.4. The first-order valence-electron chi connectivity index (χ1n) is 9.44. The summed E-state index contributed by atoms with van der Waals surface area (Å²) >= 11 is 1.14. The van der Waals surface area contributed by atoms with Crippen molar-refractivity contribution in [2.75, 3.05) is 12.4 Å². The molecule has 31 heavy (non-hydrogen) atoms. The number of nitrogens with one attached hydrogen (secondary N) is 1. The third kappa shape index (κ3) is 5.80. The zero-order valence-electron chi connectivity index (χ0n) is 16.7. The average molecular weight is 446 g/mol. The van der Waals surface area contributed by atoms with Crippen molar-refractivity contribution in [1.29, 1.82) is 0 Å². The van der Waals surface area contributed by atoms with Gasteiger partial charge in [-0.15, -0.1) is 0 Å². The summed E-state index contributed by atoms with van der Waals surface area (Å²) in [7, 11) is 1.29. The summed E-state index contributed by atoms with van der Waals surface area (Å²) in [4.78, 5) is 13.2. The second-order valence-corrected chi connectivity index (χ2v) is 7.62. The van der Waals surface area contributed by atoms with E-state index in [4.69, 9.17) is 5.14 Å². The fourth-order valence-corrected chi connectivity index (χ4v) is 3.66. The van der Waals surface area contributed by atoms with Gasteiger partial charge in [0, 0.05) is 16.5 Å². The Balaban J connectivity index is 0.000000229. The van der Waals surface area contributed by atoms with Crippen LogP contribution in [0.3, 0.4) is 0 Å². The zero-order valence-corrected chi connectivity index (χ0v) is 17.5. The molecule has 0 heterocycles. The van der Waals surface area contributed by atoms with E-state index in [2.05, 4.69) is 10.1 Å². The van der Waals surface area contributed by atoms with Crippen LogP contribution in [0.15, 0.2) is 65.6 Å². The minimum Gasteiger partial charge on any atom is -0.494 e. The van der Waals surface area contributed by atoms with Gasteiger partial charge in [-0.3, -0.25) is 9.93 Å². The lowest BCUT2D eigenvalue weighted by Crippen LogP contribution is -2.23. The summed E-state index contributed by atoms with van der Waals surface area (Å²) in [5, 5.41) is 8.42. The summed E-state index contributed by atoms with van der Waals surface area (Å²) in [5.41, 5.74) is 2.72. The smallest absolute Gasteiger partial charge is 0.228 e. The van der Waals surface area contributed by atoms with Gasteiger partial charge >= 0.3 is 0 Å². The molecule has 3 aromatic carbocycles. The standard InChI is InChI=1S/C16H15FN2OS.C7H6F2O/c17-13-5-4-10-6-12(7-11(10)8-13)16(20)19-14-2-1-3-15(9-14)21-18;1-10-6-4-2-3-5(8)7(6)9/h1-5,8-9,12H,6-7,18H2,(H,19,20);2-4H,1H3/t12-;/m0./s1. The van der Waals surface area contributed by atoms with Crippen LogP contribution in [0.25, 0.3) is 0 Å². The number of halogens is 3. The van der Waals surface area contributed by atoms with Crippen molar-refractivity contribution < 1.29 is 22.7 Å². The molecular weight excluding hydrogens is 425 g/mol. The Bertz CT molecular complexity index is 1080. The molecule has 0 aromatic heterocycles. The van der Waals surface area contributed by atoms with E-state index in [-0.39, 0.29) is 23.4 Å². The van der Waals surface area contributed by atoms with Crippen LogP contribution in [0.4, 0.5) is 18.9 Å². The Kier molecular flexibility index (Phi) is 7.59. The van der Waals surface area contributed by atoms with Gasteiger partial charge in [0.05, 0.1) is 7.11 Å². The summed E-state index contributed by atoms with van der Waals surface area (Å²) in [5.74, 6) is -2.33. The summed E-state index contributed by atoms with van der Waals surface area (Å²) in [6.07, 6.45) is 1.25. The lowest BCUT2D eigenvalue weighted by atomic mass is 10.1. The molecule has 0 radical (unpaired) electrons. The molecular formula is C23H21F3N2O2S. The number of amides is 1. The van der Waals surface area contributed by atoms with E-state index in [1.54, 1.807) is 6.07 Å². The van der Waals surface area contributed by atoms with Crippen LogP contribution < -0.4 is 15.2 Å². The second kappa shape index (κ2) is 10.4. The molecule has 0 saturated heterocycles. The number of nitrogens with two attached hydrogens (primary N) is 1. The van der Waals surface area contributed by atoms with Crippen LogP contribution in [-0.2, 0) is 17.6 Å². The van der Waals surface area contributed by atoms with Gasteiger partial charge in [-0.2, -0.15) is 4.39 Å². The molecule has 0 fully saturated rings. The molecule has 0 saturated carbocycles. The van der Waals surface area contributed by atoms with Crippen molar-refractivity contribution in [3.63, 3.8) is 0 Å². The second-order valence-electron chi connectivity index (χ2n) is 6.91. The molecule has 8 heteroatoms. The number of hydrogen-bond donors (Lipinski definition) is 2. The summed E-state index contributed by atoms with van der Waals surface area (Å²) in [6.45, 7) is 0. The first-order valence-corrected chi connectivity index (χ1v) is 10.3. The molecule has 1 aliphatic rings. The van der Waals surface area contributed by atoms with Crippen LogP contribution in [-0.4, -0.2) is 13.0 Å². The number of anilines is 1. The maximum Gasteiger partial charge on any atom is 0.228 e. The minimum atomic E-state index is -0.940. The average Bonchev–Trinajstić information content (AvgIpc) is 3.20. The van der Waals surface area contributed by atoms with Gasteiger partial charge in [-0.05, 0) is 78.4 Å². The van der Waals surface area contributed by atoms with E-state index >= 15 is 0 Å². The Morgan fingerprint density at radius 1 is 1.03 bits per heavy atom. The van der Waals surface area contributed by atoms with Gasteiger partial charge < -0.3 is 10.1 Å². The molecule has 3 N–H and O–H groups in total. The number of benzene rings is 3. The molecule has 0 aliphatic heterocycles. The fourth-order valence-electron chi connectivity index (χ4n) is 3.31. The van der Waals surface area contributed by atoms with E-state index in [0.717, 1.165) is 39.7 Å². The number of carbonyl (C=O) groups excluding carboxylic acids is 1. The normalized spacial score (nSPS) is 14.3. The molecule has 1 atom stereocenters. The predicted molar refractivity (Wildman–Crippen MR) is 115 cm³/mol. The quantitative estimate of drug-likeness (QED) is 0.546. The number of fused-ring (bicyclic) bond motifs is 1. The van der Waals surface area contributed by atoms with Crippen LogP contribution >= 0.6 is 11.9 Å². The van der Waals surface area contributed by atoms with Crippen molar-refractivity contribution in [2.45, 2.75) is 17.7 Å². The number of rotatable bonds is 4. The number of hydrogen-bond acceptors (Lipinski definition) is 4. The Labute approximate surface area is 182 Å². The Morgan fingerprint density at radius 3 is 2.48 bits per heavy atom. The third-order valence-corrected chi connectivity index (χ3v) is 5.37. The van der Waals surface area contributed by atoms with E-state index < -0.39 is 11.6 Å². The third-order valence-electron chi connectivity index (χ3n) is 4.85. The number of carbonyl (C=O) groups is 1. The van der Waals surface area contributed by atoms with E-state index in [0.29, 0.717) is 12.8 Å². The highest BCUT2D eigenvalue weighted by atomic mass is 32.2. The monoisotopic (exact) mass is 446 g/mol. The number of ether oxygens (including phenoxy) is 1. The van der Waals surface area contributed by atoms with Crippen molar-refractivity contribution in [3.05, 3.63) is 89.2 Å². The van der Waals surface area contributed by atoms with Crippen molar-refractivity contribution >= 4 is 23.5 Å². The maximum absolute atomic E-state index is 13.2. The Hall–Kier alpha value is -2.97. The molecule has 1 aliphatic carbocycles. The van der Waals surface area contributed by atoms with Crippen molar-refractivity contribution in [3.8, 4) is 5.75 Å². The van der Waals surface area contributed by atoms with Gasteiger partial charge in [0.25, 0.3) is 0 Å². The van der Waals surface area contributed by atoms with Gasteiger partial charge in [0.2, 0.25) is 11.7 Å². The van der Waals surface area contributed by atoms with E-state index in [1.807, 2.05) is 24.3 Å². The SMILES string of the molecule is COc1cccc(F)c1F.NSc1cccc(NC(=O)[C@H]2Cc3ccc(F)cc3C2)c1. The van der Waals surface area contributed by atoms with Gasteiger partial charge in [0.15, 0.2) is 11.6 Å². The van der Waals surface area contributed by atoms with Gasteiger partial charge in [-0.25, -0.2) is 8.78 Å². The molecule has 162 valence electrons. The first-order chi connectivity index (χ1) is 14.9. The summed E-state index contributed by atoms with van der Waals surface area (Å²) in [6, 6.07) is 15.9. The highest BCUT2D eigenvalue weighted by Gasteiger charge is 2.27. The fraction of sp³-hybridized carbons (Fsp3) is 0.174. The van der Waals surface area contributed by atoms with Crippen molar-refractivity contribution in [2.24, 2.45) is 11.1 Å². The number of methoxy groups -OCH3 is 1. The van der Waals surface area contributed by atoms with Crippen molar-refractivity contribution in [1.82, 2.24) is 0 Å². The highest BCUT2D eigenvalue weighted by molar-refractivity contribution is 7.97. The van der Waals surface area contributed by atoms with Crippen LogP contribution in [0.2, 0.25) is 0 Å². The molecule has 4 nitrogen and oxygen atoms in total. The lowest BCUT2D eigenvalue weighted by molar-refractivity contribution is -0.119. The van der Waals surface area contributed by atoms with Gasteiger partial charge in [-0.1, -0.05) is 18.2 Å². The summed E-state index contributed by atoms with van der Waals surface area (Å²) < 4.78 is 42.5. The molecule has 3 aromatic rings. The van der Waals surface area contributed by atoms with Gasteiger partial charge in [0.1, 0.15) is 5.82 Å². The topological polar surface area (TPSA) is 64.3 Å². The molecule has 4 rings (SSSR count). The minimum absolute atomic E-state index is 0.0363. The molecule has 0 spiro atoms. The van der Waals surface area contributed by atoms with E-state index in [9.17, 15) is 18.0 Å². The maximum atomic E-state index is 13.2. The van der Waals surface area contributed by atoms with Crippen LogP contribution in [0, 0.1) is 23.4 Å². The Morgan fingerprint density at radius 2 is 1.77 bits per heavy atom. The molecule has 0 unspecified atom stereocenters. The highest BCUT2D eigenvalue weighted by Crippen LogP contribution is 2.28. The largest absolute Gasteiger partial charge is 0.494 e. The molecule has 1 amide bonds. The lowest BCUT2D eigenvalue weighted by Gasteiger charge is -2.11. The van der Waals surface area contributed by atoms with Crippen LogP contribution in [0.5, 0.6) is 5.75 Å². The van der Waals surface area contributed by atoms with Crippen LogP contribution in [0.1, 0.15) is 11.1 Å². The molecule has 0 bridgehead atoms. The van der Waals surface area contributed by atoms with E-state index in [1.165, 1.54) is 31.4 Å². The first kappa shape index (κ1) is 22.7. The predicted octanol–water partition coefficient (Wildman–Crippen LogP) is 5.12.